The number of rotatable bonds is 4. The molecular weight excluding hydrogens is 375 g/mol. The minimum atomic E-state index is -1.12. The van der Waals surface area contributed by atoms with Crippen molar-refractivity contribution in [2.75, 3.05) is 0 Å². The molecule has 136 valence electrons. The third kappa shape index (κ3) is 3.10. The molecule has 2 bridgehead atoms. The largest absolute Gasteiger partial charge is 0.477 e. The zero-order valence-electron chi connectivity index (χ0n) is 13.9. The average Bonchev–Trinajstić information content (AvgIpc) is 3.26. The number of fused-ring (bicyclic) bond motifs is 3. The number of hydrogen-bond donors (Lipinski definition) is 3. The van der Waals surface area contributed by atoms with Gasteiger partial charge in [0.2, 0.25) is 5.91 Å². The fraction of sp³-hybridized carbons (Fsp3) is 0.368. The number of carbonyl (C=O) groups excluding carboxylic acids is 1. The molecule has 5 nitrogen and oxygen atoms in total. The molecule has 3 N–H and O–H groups in total. The molecule has 1 heterocycles. The smallest absolute Gasteiger partial charge is 0.352 e. The monoisotopic (exact) mass is 392 g/mol. The lowest BCUT2D eigenvalue weighted by Crippen LogP contribution is -2.37. The highest BCUT2D eigenvalue weighted by atomic mass is 35.5. The zero-order valence-corrected chi connectivity index (χ0v) is 15.4. The summed E-state index contributed by atoms with van der Waals surface area (Å²) in [5.74, 6) is -0.0125. The summed E-state index contributed by atoms with van der Waals surface area (Å²) in [6, 6.07) is 3.40. The van der Waals surface area contributed by atoms with E-state index in [1.165, 1.54) is 31.4 Å². The van der Waals surface area contributed by atoms with Crippen LogP contribution in [0.1, 0.15) is 41.7 Å². The van der Waals surface area contributed by atoms with Crippen LogP contribution in [0.3, 0.4) is 0 Å². The molecule has 1 aromatic carbocycles. The van der Waals surface area contributed by atoms with Gasteiger partial charge in [-0.1, -0.05) is 29.6 Å². The average molecular weight is 393 g/mol. The number of hydrogen-bond acceptors (Lipinski definition) is 2. The molecule has 3 atom stereocenters. The maximum atomic E-state index is 12.3. The Morgan fingerprint density at radius 3 is 2.69 bits per heavy atom. The van der Waals surface area contributed by atoms with Gasteiger partial charge < -0.3 is 15.4 Å². The summed E-state index contributed by atoms with van der Waals surface area (Å²) in [4.78, 5) is 26.7. The van der Waals surface area contributed by atoms with Crippen molar-refractivity contribution in [3.8, 4) is 0 Å². The number of nitrogens with one attached hydrogen (secondary N) is 2. The SMILES string of the molecule is O=C(/C=C/c1c(C(=O)O)[nH]c2cc(Cl)cc(Cl)c12)NC1CC2CCC1C2. The maximum Gasteiger partial charge on any atom is 0.352 e. The Hall–Kier alpha value is -1.98. The second-order valence-electron chi connectivity index (χ2n) is 7.15. The van der Waals surface area contributed by atoms with Crippen LogP contribution in [0.25, 0.3) is 17.0 Å². The molecule has 0 aliphatic heterocycles. The van der Waals surface area contributed by atoms with Gasteiger partial charge in [-0.25, -0.2) is 4.79 Å². The van der Waals surface area contributed by atoms with Crippen LogP contribution in [0.15, 0.2) is 18.2 Å². The van der Waals surface area contributed by atoms with Gasteiger partial charge in [-0.05, 0) is 49.3 Å². The third-order valence-electron chi connectivity index (χ3n) is 5.53. The molecule has 0 saturated heterocycles. The van der Waals surface area contributed by atoms with Crippen molar-refractivity contribution >= 4 is 52.1 Å². The Morgan fingerprint density at radius 1 is 1.23 bits per heavy atom. The molecule has 4 rings (SSSR count). The fourth-order valence-electron chi connectivity index (χ4n) is 4.42. The number of carboxylic acid groups (broad SMARTS) is 1. The summed E-state index contributed by atoms with van der Waals surface area (Å²) in [7, 11) is 0. The molecule has 26 heavy (non-hydrogen) atoms. The Bertz CT molecular complexity index is 934. The Labute approximate surface area is 160 Å². The first-order valence-corrected chi connectivity index (χ1v) is 9.40. The van der Waals surface area contributed by atoms with Crippen molar-refractivity contribution in [2.45, 2.75) is 31.7 Å². The van der Waals surface area contributed by atoms with Crippen LogP contribution >= 0.6 is 23.2 Å². The van der Waals surface area contributed by atoms with Crippen molar-refractivity contribution in [3.63, 3.8) is 0 Å². The van der Waals surface area contributed by atoms with Crippen LogP contribution < -0.4 is 5.32 Å². The Morgan fingerprint density at radius 2 is 2.04 bits per heavy atom. The predicted octanol–water partition coefficient (Wildman–Crippen LogP) is 4.49. The second kappa shape index (κ2) is 6.63. The quantitative estimate of drug-likeness (QED) is 0.670. The van der Waals surface area contributed by atoms with Crippen LogP contribution in [-0.4, -0.2) is 28.0 Å². The first-order valence-electron chi connectivity index (χ1n) is 8.65. The fourth-order valence-corrected chi connectivity index (χ4v) is 5.01. The van der Waals surface area contributed by atoms with Gasteiger partial charge in [0.05, 0.1) is 5.02 Å². The van der Waals surface area contributed by atoms with Gasteiger partial charge in [0.25, 0.3) is 0 Å². The first-order chi connectivity index (χ1) is 12.4. The lowest BCUT2D eigenvalue weighted by atomic mass is 9.95. The van der Waals surface area contributed by atoms with E-state index in [2.05, 4.69) is 10.3 Å². The van der Waals surface area contributed by atoms with E-state index in [0.29, 0.717) is 32.4 Å². The number of aromatic amines is 1. The molecule has 2 saturated carbocycles. The van der Waals surface area contributed by atoms with Crippen LogP contribution in [0.4, 0.5) is 0 Å². The van der Waals surface area contributed by atoms with Gasteiger partial charge in [-0.3, -0.25) is 4.79 Å². The molecule has 1 aromatic heterocycles. The first kappa shape index (κ1) is 17.4. The van der Waals surface area contributed by atoms with Gasteiger partial charge in [0.15, 0.2) is 0 Å². The molecular formula is C19H18Cl2N2O3. The molecule has 2 fully saturated rings. The summed E-state index contributed by atoms with van der Waals surface area (Å²) < 4.78 is 0. The topological polar surface area (TPSA) is 82.2 Å². The molecule has 1 amide bonds. The maximum absolute atomic E-state index is 12.3. The van der Waals surface area contributed by atoms with Gasteiger partial charge >= 0.3 is 5.97 Å². The number of amides is 1. The molecule has 0 radical (unpaired) electrons. The molecule has 2 aliphatic rings. The number of carbonyl (C=O) groups is 2. The lowest BCUT2D eigenvalue weighted by Gasteiger charge is -2.22. The van der Waals surface area contributed by atoms with Crippen molar-refractivity contribution in [3.05, 3.63) is 39.5 Å². The number of aromatic nitrogens is 1. The van der Waals surface area contributed by atoms with Gasteiger partial charge in [0.1, 0.15) is 5.69 Å². The van der Waals surface area contributed by atoms with E-state index in [1.807, 2.05) is 0 Å². The van der Waals surface area contributed by atoms with Crippen molar-refractivity contribution in [2.24, 2.45) is 11.8 Å². The minimum absolute atomic E-state index is 0.0202. The molecule has 2 aliphatic carbocycles. The van der Waals surface area contributed by atoms with Crippen LogP contribution in [0.5, 0.6) is 0 Å². The van der Waals surface area contributed by atoms with Crippen LogP contribution in [-0.2, 0) is 4.79 Å². The number of benzene rings is 1. The second-order valence-corrected chi connectivity index (χ2v) is 8.00. The van der Waals surface area contributed by atoms with Crippen molar-refractivity contribution in [1.29, 1.82) is 0 Å². The van der Waals surface area contributed by atoms with Gasteiger partial charge in [-0.15, -0.1) is 0 Å². The summed E-state index contributed by atoms with van der Waals surface area (Å²) >= 11 is 12.2. The van der Waals surface area contributed by atoms with E-state index in [1.54, 1.807) is 12.1 Å². The van der Waals surface area contributed by atoms with Crippen molar-refractivity contribution < 1.29 is 14.7 Å². The van der Waals surface area contributed by atoms with Crippen LogP contribution in [0, 0.1) is 11.8 Å². The summed E-state index contributed by atoms with van der Waals surface area (Å²) in [6.45, 7) is 0. The van der Waals surface area contributed by atoms with Gasteiger partial charge in [0, 0.05) is 33.6 Å². The predicted molar refractivity (Wildman–Crippen MR) is 102 cm³/mol. The number of halogens is 2. The normalized spacial score (nSPS) is 24.6. The van der Waals surface area contributed by atoms with E-state index in [0.717, 1.165) is 12.3 Å². The Kier molecular flexibility index (Phi) is 4.45. The molecule has 2 aromatic rings. The Balaban J connectivity index is 1.61. The zero-order chi connectivity index (χ0) is 18.4. The van der Waals surface area contributed by atoms with E-state index in [9.17, 15) is 14.7 Å². The molecule has 3 unspecified atom stereocenters. The summed E-state index contributed by atoms with van der Waals surface area (Å²) in [5, 5.41) is 13.8. The highest BCUT2D eigenvalue weighted by Crippen LogP contribution is 2.44. The van der Waals surface area contributed by atoms with Gasteiger partial charge in [-0.2, -0.15) is 0 Å². The summed E-state index contributed by atoms with van der Waals surface area (Å²) in [6.07, 6.45) is 7.59. The van der Waals surface area contributed by atoms with Crippen molar-refractivity contribution in [1.82, 2.24) is 10.3 Å². The lowest BCUT2D eigenvalue weighted by molar-refractivity contribution is -0.117. The third-order valence-corrected chi connectivity index (χ3v) is 6.05. The summed E-state index contributed by atoms with van der Waals surface area (Å²) in [5.41, 5.74) is 0.874. The van der Waals surface area contributed by atoms with E-state index in [-0.39, 0.29) is 17.6 Å². The van der Waals surface area contributed by atoms with E-state index in [4.69, 9.17) is 23.2 Å². The standard InChI is InChI=1S/C19H18Cl2N2O3/c20-11-7-13(21)17-12(18(19(25)26)23-15(17)8-11)3-4-16(24)22-14-6-9-1-2-10(14)5-9/h3-4,7-10,14,23H,1-2,5-6H2,(H,22,24)(H,25,26)/b4-3+. The highest BCUT2D eigenvalue weighted by molar-refractivity contribution is 6.39. The minimum Gasteiger partial charge on any atom is -0.477 e. The molecule has 7 heteroatoms. The number of H-pyrrole nitrogens is 1. The van der Waals surface area contributed by atoms with Crippen LogP contribution in [0.2, 0.25) is 10.0 Å². The van der Waals surface area contributed by atoms with E-state index < -0.39 is 5.97 Å². The highest BCUT2D eigenvalue weighted by Gasteiger charge is 2.39. The molecule has 0 spiro atoms. The number of aromatic carboxylic acids is 1. The van der Waals surface area contributed by atoms with E-state index >= 15 is 0 Å². The number of carboxylic acids is 1.